The molecule has 0 atom stereocenters. The summed E-state index contributed by atoms with van der Waals surface area (Å²) in [7, 11) is 1.67. The molecule has 44 heavy (non-hydrogen) atoms. The highest BCUT2D eigenvalue weighted by molar-refractivity contribution is 5.92. The number of halogens is 3. The number of benzene rings is 3. The summed E-state index contributed by atoms with van der Waals surface area (Å²) in [6.45, 7) is 2.28. The lowest BCUT2D eigenvalue weighted by Crippen LogP contribution is -2.33. The second kappa shape index (κ2) is 12.1. The van der Waals surface area contributed by atoms with E-state index < -0.39 is 23.4 Å². The number of fused-ring (bicyclic) bond motifs is 1. The predicted molar refractivity (Wildman–Crippen MR) is 158 cm³/mol. The van der Waals surface area contributed by atoms with Gasteiger partial charge in [-0.15, -0.1) is 0 Å². The standard InChI is InChI=1S/C34H30F3N3O4/c1-19-6-7-22(26(35)10-19)18-44-33-5-3-4-29(39-33)25-16-27(36)23(13-28(25)37)15-32-38-30-9-8-21(34(41)42)14-31(30)40(32)17-20-11-24(12-20)43-2/h3-10,13-14,16,20,24H,11-12,15,17-18H2,1-2H3,(H,41,42). The SMILES string of the molecule is COC1CC(Cn2c(Cc3cc(F)c(-c4cccc(OCc5ccc(C)cc5F)n4)cc3F)nc3ccc(C(=O)O)cc32)C1. The summed E-state index contributed by atoms with van der Waals surface area (Å²) in [5, 5.41) is 9.52. The summed E-state index contributed by atoms with van der Waals surface area (Å²) in [5.41, 5.74) is 2.70. The van der Waals surface area contributed by atoms with Crippen molar-refractivity contribution in [1.82, 2.24) is 14.5 Å². The Balaban J connectivity index is 1.26. The third-order valence-electron chi connectivity index (χ3n) is 8.11. The van der Waals surface area contributed by atoms with E-state index in [9.17, 15) is 14.3 Å². The van der Waals surface area contributed by atoms with Crippen LogP contribution >= 0.6 is 0 Å². The first-order valence-electron chi connectivity index (χ1n) is 14.3. The Hall–Kier alpha value is -4.70. The van der Waals surface area contributed by atoms with Crippen molar-refractivity contribution in [3.63, 3.8) is 0 Å². The van der Waals surface area contributed by atoms with Crippen molar-refractivity contribution in [3.8, 4) is 17.1 Å². The minimum Gasteiger partial charge on any atom is -0.478 e. The molecule has 1 saturated carbocycles. The number of nitrogens with zero attached hydrogens (tertiary/aromatic N) is 3. The second-order valence-electron chi connectivity index (χ2n) is 11.2. The van der Waals surface area contributed by atoms with E-state index in [1.54, 1.807) is 56.5 Å². The lowest BCUT2D eigenvalue weighted by molar-refractivity contribution is -0.00424. The number of rotatable bonds is 10. The fourth-order valence-corrected chi connectivity index (χ4v) is 5.58. The molecule has 2 heterocycles. The summed E-state index contributed by atoms with van der Waals surface area (Å²) in [4.78, 5) is 20.6. The minimum absolute atomic E-state index is 0.000756. The lowest BCUT2D eigenvalue weighted by Gasteiger charge is -2.34. The van der Waals surface area contributed by atoms with Gasteiger partial charge in [0.1, 0.15) is 29.9 Å². The van der Waals surface area contributed by atoms with Crippen molar-refractivity contribution in [2.75, 3.05) is 7.11 Å². The van der Waals surface area contributed by atoms with Gasteiger partial charge in [-0.3, -0.25) is 0 Å². The van der Waals surface area contributed by atoms with Gasteiger partial charge in [0.15, 0.2) is 0 Å². The van der Waals surface area contributed by atoms with Crippen LogP contribution in [0, 0.1) is 30.3 Å². The van der Waals surface area contributed by atoms with Crippen LogP contribution in [0.4, 0.5) is 13.2 Å². The third kappa shape index (κ3) is 6.03. The van der Waals surface area contributed by atoms with Crippen molar-refractivity contribution < 1.29 is 32.5 Å². The molecule has 5 aromatic rings. The Morgan fingerprint density at radius 1 is 0.955 bits per heavy atom. The molecule has 226 valence electrons. The Morgan fingerprint density at radius 2 is 1.75 bits per heavy atom. The van der Waals surface area contributed by atoms with Gasteiger partial charge >= 0.3 is 5.97 Å². The minimum atomic E-state index is -1.06. The monoisotopic (exact) mass is 601 g/mol. The number of carboxylic acids is 1. The van der Waals surface area contributed by atoms with Crippen LogP contribution in [0.2, 0.25) is 0 Å². The van der Waals surface area contributed by atoms with Crippen LogP contribution in [0.5, 0.6) is 5.88 Å². The first kappa shape index (κ1) is 29.4. The molecule has 0 spiro atoms. The van der Waals surface area contributed by atoms with E-state index >= 15 is 8.78 Å². The molecule has 10 heteroatoms. The highest BCUT2D eigenvalue weighted by Crippen LogP contribution is 2.34. The van der Waals surface area contributed by atoms with Crippen LogP contribution in [0.3, 0.4) is 0 Å². The molecule has 0 bridgehead atoms. The summed E-state index contributed by atoms with van der Waals surface area (Å²) in [5.74, 6) is -1.82. The third-order valence-corrected chi connectivity index (χ3v) is 8.11. The molecule has 1 aliphatic rings. The van der Waals surface area contributed by atoms with Crippen molar-refractivity contribution in [1.29, 1.82) is 0 Å². The molecule has 0 radical (unpaired) electrons. The number of aryl methyl sites for hydroxylation is 1. The van der Waals surface area contributed by atoms with Crippen molar-refractivity contribution >= 4 is 17.0 Å². The predicted octanol–water partition coefficient (Wildman–Crippen LogP) is 7.12. The number of carboxylic acid groups (broad SMARTS) is 1. The zero-order valence-electron chi connectivity index (χ0n) is 24.2. The van der Waals surface area contributed by atoms with E-state index in [2.05, 4.69) is 9.97 Å². The van der Waals surface area contributed by atoms with E-state index in [0.29, 0.717) is 29.0 Å². The van der Waals surface area contributed by atoms with Gasteiger partial charge in [0.05, 0.1) is 28.4 Å². The number of hydrogen-bond donors (Lipinski definition) is 1. The quantitative estimate of drug-likeness (QED) is 0.184. The molecule has 0 amide bonds. The van der Waals surface area contributed by atoms with Crippen LogP contribution in [-0.4, -0.2) is 38.8 Å². The van der Waals surface area contributed by atoms with Gasteiger partial charge in [-0.25, -0.2) is 27.9 Å². The van der Waals surface area contributed by atoms with Gasteiger partial charge in [-0.2, -0.15) is 0 Å². The fourth-order valence-electron chi connectivity index (χ4n) is 5.58. The Kier molecular flexibility index (Phi) is 8.09. The van der Waals surface area contributed by atoms with Crippen molar-refractivity contribution in [3.05, 3.63) is 112 Å². The number of aromatic carboxylic acids is 1. The summed E-state index contributed by atoms with van der Waals surface area (Å²) < 4.78 is 58.2. The Morgan fingerprint density at radius 3 is 2.50 bits per heavy atom. The van der Waals surface area contributed by atoms with E-state index in [0.717, 1.165) is 30.5 Å². The smallest absolute Gasteiger partial charge is 0.335 e. The molecule has 1 aliphatic carbocycles. The number of imidazole rings is 1. The van der Waals surface area contributed by atoms with Crippen molar-refractivity contribution in [2.45, 2.75) is 45.4 Å². The van der Waals surface area contributed by atoms with E-state index in [-0.39, 0.29) is 53.3 Å². The van der Waals surface area contributed by atoms with Crippen LogP contribution < -0.4 is 4.74 Å². The van der Waals surface area contributed by atoms with Crippen LogP contribution in [0.25, 0.3) is 22.3 Å². The lowest BCUT2D eigenvalue weighted by atomic mass is 9.82. The molecular weight excluding hydrogens is 571 g/mol. The van der Waals surface area contributed by atoms with Gasteiger partial charge < -0.3 is 19.1 Å². The summed E-state index contributed by atoms with van der Waals surface area (Å²) >= 11 is 0. The molecule has 0 saturated heterocycles. The molecule has 1 fully saturated rings. The van der Waals surface area contributed by atoms with E-state index in [1.807, 2.05) is 4.57 Å². The van der Waals surface area contributed by atoms with Gasteiger partial charge in [0.25, 0.3) is 0 Å². The van der Waals surface area contributed by atoms with Gasteiger partial charge in [-0.05, 0) is 79.3 Å². The molecule has 7 nitrogen and oxygen atoms in total. The molecule has 1 N–H and O–H groups in total. The first-order chi connectivity index (χ1) is 21.2. The molecule has 0 unspecified atom stereocenters. The van der Waals surface area contributed by atoms with Crippen LogP contribution in [0.15, 0.2) is 66.7 Å². The number of aromatic nitrogens is 3. The van der Waals surface area contributed by atoms with E-state index in [1.165, 1.54) is 12.1 Å². The Bertz CT molecular complexity index is 1870. The fraction of sp³-hybridized carbons (Fsp3) is 0.265. The Labute approximate surface area is 251 Å². The molecule has 6 rings (SSSR count). The summed E-state index contributed by atoms with van der Waals surface area (Å²) in [6.07, 6.45) is 1.87. The number of carbonyl (C=O) groups is 1. The molecule has 3 aromatic carbocycles. The number of pyridine rings is 1. The highest BCUT2D eigenvalue weighted by Gasteiger charge is 2.30. The second-order valence-corrected chi connectivity index (χ2v) is 11.2. The molecular formula is C34H30F3N3O4. The normalized spacial score (nSPS) is 16.2. The van der Waals surface area contributed by atoms with Crippen LogP contribution in [-0.2, 0) is 24.3 Å². The van der Waals surface area contributed by atoms with Crippen LogP contribution in [0.1, 0.15) is 45.7 Å². The average Bonchev–Trinajstić information content (AvgIpc) is 3.31. The molecule has 0 aliphatic heterocycles. The number of ether oxygens (including phenoxy) is 2. The maximum atomic E-state index is 15.5. The zero-order chi connectivity index (χ0) is 31.0. The van der Waals surface area contributed by atoms with Crippen molar-refractivity contribution in [2.24, 2.45) is 5.92 Å². The molecule has 2 aromatic heterocycles. The average molecular weight is 602 g/mol. The van der Waals surface area contributed by atoms with Gasteiger partial charge in [0.2, 0.25) is 5.88 Å². The maximum Gasteiger partial charge on any atom is 0.335 e. The zero-order valence-corrected chi connectivity index (χ0v) is 24.2. The topological polar surface area (TPSA) is 86.5 Å². The number of hydrogen-bond acceptors (Lipinski definition) is 5. The van der Waals surface area contributed by atoms with Gasteiger partial charge in [0, 0.05) is 37.3 Å². The van der Waals surface area contributed by atoms with Gasteiger partial charge in [-0.1, -0.05) is 18.2 Å². The highest BCUT2D eigenvalue weighted by atomic mass is 19.1. The maximum absolute atomic E-state index is 15.5. The largest absolute Gasteiger partial charge is 0.478 e. The first-order valence-corrected chi connectivity index (χ1v) is 14.3. The summed E-state index contributed by atoms with van der Waals surface area (Å²) in [6, 6.07) is 16.4. The van der Waals surface area contributed by atoms with E-state index in [4.69, 9.17) is 9.47 Å². The number of methoxy groups -OCH3 is 1.